The van der Waals surface area contributed by atoms with Gasteiger partial charge in [0.05, 0.1) is 4.88 Å². The fourth-order valence-electron chi connectivity index (χ4n) is 2.11. The zero-order valence-electron chi connectivity index (χ0n) is 14.3. The van der Waals surface area contributed by atoms with Crippen molar-refractivity contribution in [3.63, 3.8) is 0 Å². The Hall–Kier alpha value is -2.38. The summed E-state index contributed by atoms with van der Waals surface area (Å²) in [5.41, 5.74) is 0.674. The summed E-state index contributed by atoms with van der Waals surface area (Å²) in [6.45, 7) is 1.97. The maximum absolute atomic E-state index is 12.0. The molecule has 1 unspecified atom stereocenters. The molecule has 0 fully saturated rings. The molecule has 0 bridgehead atoms. The molecular formula is C18H20ClN3O3S. The van der Waals surface area contributed by atoms with Crippen LogP contribution in [0.2, 0.25) is 5.02 Å². The predicted octanol–water partition coefficient (Wildman–Crippen LogP) is 3.05. The lowest BCUT2D eigenvalue weighted by molar-refractivity contribution is -0.123. The van der Waals surface area contributed by atoms with E-state index in [1.54, 1.807) is 48.7 Å². The van der Waals surface area contributed by atoms with E-state index in [9.17, 15) is 14.4 Å². The fourth-order valence-corrected chi connectivity index (χ4v) is 2.86. The number of benzene rings is 1. The first-order chi connectivity index (χ1) is 12.5. The number of anilines is 1. The van der Waals surface area contributed by atoms with E-state index in [1.807, 2.05) is 0 Å². The van der Waals surface area contributed by atoms with E-state index >= 15 is 0 Å². The summed E-state index contributed by atoms with van der Waals surface area (Å²) in [5.74, 6) is -0.696. The average Bonchev–Trinajstić information content (AvgIpc) is 3.15. The van der Waals surface area contributed by atoms with Gasteiger partial charge in [-0.3, -0.25) is 14.4 Å². The molecule has 0 saturated heterocycles. The number of hydrogen-bond donors (Lipinski definition) is 3. The second-order valence-corrected chi connectivity index (χ2v) is 7.01. The second-order valence-electron chi connectivity index (χ2n) is 5.62. The van der Waals surface area contributed by atoms with Crippen molar-refractivity contribution in [2.24, 2.45) is 0 Å². The Balaban J connectivity index is 1.63. The van der Waals surface area contributed by atoms with Gasteiger partial charge >= 0.3 is 0 Å². The third kappa shape index (κ3) is 6.50. The molecule has 0 aliphatic rings. The van der Waals surface area contributed by atoms with Gasteiger partial charge in [0.1, 0.15) is 6.04 Å². The van der Waals surface area contributed by atoms with Gasteiger partial charge in [-0.1, -0.05) is 17.7 Å². The van der Waals surface area contributed by atoms with Crippen LogP contribution >= 0.6 is 22.9 Å². The molecule has 1 aromatic carbocycles. The van der Waals surface area contributed by atoms with E-state index in [2.05, 4.69) is 16.0 Å². The van der Waals surface area contributed by atoms with Gasteiger partial charge in [0, 0.05) is 23.7 Å². The lowest BCUT2D eigenvalue weighted by Crippen LogP contribution is -2.44. The van der Waals surface area contributed by atoms with Crippen molar-refractivity contribution in [2.45, 2.75) is 25.8 Å². The van der Waals surface area contributed by atoms with Gasteiger partial charge in [-0.05, 0) is 49.1 Å². The SMILES string of the molecule is CC(NC(=O)c1cccs1)C(=O)NCCCC(=O)Nc1ccc(Cl)cc1. The lowest BCUT2D eigenvalue weighted by atomic mass is 10.2. The van der Waals surface area contributed by atoms with Crippen LogP contribution in [0.5, 0.6) is 0 Å². The van der Waals surface area contributed by atoms with Crippen LogP contribution in [0.4, 0.5) is 5.69 Å². The Labute approximate surface area is 160 Å². The van der Waals surface area contributed by atoms with Crippen LogP contribution in [0.3, 0.4) is 0 Å². The van der Waals surface area contributed by atoms with Gasteiger partial charge in [-0.2, -0.15) is 0 Å². The zero-order chi connectivity index (χ0) is 18.9. The van der Waals surface area contributed by atoms with Gasteiger partial charge in [0.25, 0.3) is 5.91 Å². The molecule has 0 aliphatic carbocycles. The Morgan fingerprint density at radius 2 is 1.88 bits per heavy atom. The monoisotopic (exact) mass is 393 g/mol. The zero-order valence-corrected chi connectivity index (χ0v) is 15.8. The van der Waals surface area contributed by atoms with Crippen LogP contribution in [0.15, 0.2) is 41.8 Å². The molecule has 2 aromatic rings. The lowest BCUT2D eigenvalue weighted by Gasteiger charge is -2.13. The quantitative estimate of drug-likeness (QED) is 0.602. The molecule has 6 nitrogen and oxygen atoms in total. The molecule has 2 rings (SSSR count). The van der Waals surface area contributed by atoms with Crippen LogP contribution in [0.25, 0.3) is 0 Å². The number of thiophene rings is 1. The molecule has 0 aliphatic heterocycles. The summed E-state index contributed by atoms with van der Waals surface area (Å²) < 4.78 is 0. The first-order valence-corrected chi connectivity index (χ1v) is 9.39. The maximum atomic E-state index is 12.0. The molecule has 3 N–H and O–H groups in total. The Morgan fingerprint density at radius 3 is 2.54 bits per heavy atom. The van der Waals surface area contributed by atoms with Gasteiger partial charge in [-0.15, -0.1) is 11.3 Å². The van der Waals surface area contributed by atoms with Crippen LogP contribution in [-0.4, -0.2) is 30.3 Å². The number of carbonyl (C=O) groups is 3. The first-order valence-electron chi connectivity index (χ1n) is 8.13. The van der Waals surface area contributed by atoms with Crippen molar-refractivity contribution in [3.8, 4) is 0 Å². The van der Waals surface area contributed by atoms with E-state index in [0.29, 0.717) is 28.6 Å². The highest BCUT2D eigenvalue weighted by Crippen LogP contribution is 2.13. The van der Waals surface area contributed by atoms with E-state index in [1.165, 1.54) is 11.3 Å². The molecule has 138 valence electrons. The van der Waals surface area contributed by atoms with Crippen LogP contribution in [0.1, 0.15) is 29.4 Å². The van der Waals surface area contributed by atoms with Crippen LogP contribution in [0, 0.1) is 0 Å². The molecule has 1 heterocycles. The van der Waals surface area contributed by atoms with Crippen molar-refractivity contribution in [3.05, 3.63) is 51.7 Å². The number of nitrogens with one attached hydrogen (secondary N) is 3. The van der Waals surface area contributed by atoms with Crippen LogP contribution < -0.4 is 16.0 Å². The van der Waals surface area contributed by atoms with E-state index < -0.39 is 6.04 Å². The summed E-state index contributed by atoms with van der Waals surface area (Å²) in [7, 11) is 0. The Kier molecular flexibility index (Phi) is 7.62. The van der Waals surface area contributed by atoms with Crippen LogP contribution in [-0.2, 0) is 9.59 Å². The summed E-state index contributed by atoms with van der Waals surface area (Å²) >= 11 is 7.10. The van der Waals surface area contributed by atoms with Gasteiger partial charge in [0.15, 0.2) is 0 Å². The summed E-state index contributed by atoms with van der Waals surface area (Å²) in [5, 5.41) is 10.5. The van der Waals surface area contributed by atoms with E-state index in [0.717, 1.165) is 0 Å². The van der Waals surface area contributed by atoms with Crippen molar-refractivity contribution < 1.29 is 14.4 Å². The van der Waals surface area contributed by atoms with Gasteiger partial charge in [-0.25, -0.2) is 0 Å². The molecule has 26 heavy (non-hydrogen) atoms. The smallest absolute Gasteiger partial charge is 0.261 e. The van der Waals surface area contributed by atoms with E-state index in [4.69, 9.17) is 11.6 Å². The first kappa shape index (κ1) is 19.9. The molecular weight excluding hydrogens is 374 g/mol. The standard InChI is InChI=1S/C18H20ClN3O3S/c1-12(21-18(25)15-4-3-11-26-15)17(24)20-10-2-5-16(23)22-14-8-6-13(19)7-9-14/h3-4,6-9,11-12H,2,5,10H2,1H3,(H,20,24)(H,21,25)(H,22,23). The minimum absolute atomic E-state index is 0.138. The summed E-state index contributed by atoms with van der Waals surface area (Å²) in [4.78, 5) is 36.3. The Bertz CT molecular complexity index is 748. The van der Waals surface area contributed by atoms with Crippen molar-refractivity contribution in [2.75, 3.05) is 11.9 Å². The van der Waals surface area contributed by atoms with Crippen molar-refractivity contribution >= 4 is 46.3 Å². The maximum Gasteiger partial charge on any atom is 0.261 e. The topological polar surface area (TPSA) is 87.3 Å². The molecule has 1 aromatic heterocycles. The third-order valence-electron chi connectivity index (χ3n) is 3.49. The molecule has 0 radical (unpaired) electrons. The number of hydrogen-bond acceptors (Lipinski definition) is 4. The highest BCUT2D eigenvalue weighted by atomic mass is 35.5. The molecule has 1 atom stereocenters. The Morgan fingerprint density at radius 1 is 1.15 bits per heavy atom. The number of carbonyl (C=O) groups excluding carboxylic acids is 3. The minimum Gasteiger partial charge on any atom is -0.354 e. The average molecular weight is 394 g/mol. The molecule has 3 amide bonds. The highest BCUT2D eigenvalue weighted by Gasteiger charge is 2.16. The summed E-state index contributed by atoms with van der Waals surface area (Å²) in [6.07, 6.45) is 0.773. The van der Waals surface area contributed by atoms with Crippen molar-refractivity contribution in [1.82, 2.24) is 10.6 Å². The highest BCUT2D eigenvalue weighted by molar-refractivity contribution is 7.12. The molecule has 0 saturated carbocycles. The second kappa shape index (κ2) is 9.94. The number of rotatable bonds is 8. The third-order valence-corrected chi connectivity index (χ3v) is 4.61. The van der Waals surface area contributed by atoms with Crippen molar-refractivity contribution in [1.29, 1.82) is 0 Å². The molecule has 8 heteroatoms. The van der Waals surface area contributed by atoms with Gasteiger partial charge < -0.3 is 16.0 Å². The normalized spacial score (nSPS) is 11.5. The minimum atomic E-state index is -0.646. The van der Waals surface area contributed by atoms with E-state index in [-0.39, 0.29) is 24.1 Å². The largest absolute Gasteiger partial charge is 0.354 e. The molecule has 0 spiro atoms. The number of amides is 3. The fraction of sp³-hybridized carbons (Fsp3) is 0.278. The summed E-state index contributed by atoms with van der Waals surface area (Å²) in [6, 6.07) is 9.67. The predicted molar refractivity (Wildman–Crippen MR) is 104 cm³/mol. The number of halogens is 1. The van der Waals surface area contributed by atoms with Gasteiger partial charge in [0.2, 0.25) is 11.8 Å².